The van der Waals surface area contributed by atoms with E-state index in [0.29, 0.717) is 5.69 Å². The lowest BCUT2D eigenvalue weighted by atomic mass is 9.92. The van der Waals surface area contributed by atoms with Crippen LogP contribution in [0.25, 0.3) is 11.3 Å². The molecule has 0 saturated heterocycles. The number of carbonyl (C=O) groups excluding carboxylic acids is 1. The van der Waals surface area contributed by atoms with Crippen LogP contribution in [0.5, 0.6) is 0 Å². The molecule has 0 unspecified atom stereocenters. The van der Waals surface area contributed by atoms with Gasteiger partial charge in [0.1, 0.15) is 5.69 Å². The molecule has 1 saturated carbocycles. The highest BCUT2D eigenvalue weighted by molar-refractivity contribution is 5.92. The summed E-state index contributed by atoms with van der Waals surface area (Å²) in [5.41, 5.74) is 7.47. The zero-order chi connectivity index (χ0) is 14.7. The van der Waals surface area contributed by atoms with Gasteiger partial charge >= 0.3 is 0 Å². The number of nitrogens with two attached hydrogens (primary N) is 1. The van der Waals surface area contributed by atoms with Gasteiger partial charge in [-0.05, 0) is 25.7 Å². The molecule has 0 bridgehead atoms. The Morgan fingerprint density at radius 1 is 1.19 bits per heavy atom. The molecule has 110 valence electrons. The molecule has 1 aliphatic carbocycles. The van der Waals surface area contributed by atoms with E-state index in [1.807, 2.05) is 30.3 Å². The van der Waals surface area contributed by atoms with Gasteiger partial charge in [-0.2, -0.15) is 0 Å². The average molecular weight is 285 g/mol. The first-order chi connectivity index (χ1) is 10.2. The second-order valence-corrected chi connectivity index (χ2v) is 5.53. The summed E-state index contributed by atoms with van der Waals surface area (Å²) in [5.74, 6) is 0.0499. The van der Waals surface area contributed by atoms with Crippen molar-refractivity contribution in [2.75, 3.05) is 0 Å². The predicted molar refractivity (Wildman–Crippen MR) is 79.6 cm³/mol. The zero-order valence-corrected chi connectivity index (χ0v) is 11.8. The fourth-order valence-corrected chi connectivity index (χ4v) is 2.65. The average Bonchev–Trinajstić information content (AvgIpc) is 3.00. The van der Waals surface area contributed by atoms with Crippen LogP contribution >= 0.6 is 0 Å². The summed E-state index contributed by atoms with van der Waals surface area (Å²) < 4.78 is 5.16. The lowest BCUT2D eigenvalue weighted by Crippen LogP contribution is -2.40. The van der Waals surface area contributed by atoms with Crippen LogP contribution in [0.3, 0.4) is 0 Å². The van der Waals surface area contributed by atoms with Gasteiger partial charge in [-0.15, -0.1) is 0 Å². The van der Waals surface area contributed by atoms with Crippen LogP contribution in [0.4, 0.5) is 0 Å². The fourth-order valence-electron chi connectivity index (χ4n) is 2.65. The van der Waals surface area contributed by atoms with E-state index in [0.717, 1.165) is 31.2 Å². The van der Waals surface area contributed by atoms with Gasteiger partial charge in [0.15, 0.2) is 0 Å². The Morgan fingerprint density at radius 2 is 1.90 bits per heavy atom. The summed E-state index contributed by atoms with van der Waals surface area (Å²) in [7, 11) is 0. The van der Waals surface area contributed by atoms with Crippen LogP contribution in [0.2, 0.25) is 0 Å². The van der Waals surface area contributed by atoms with Gasteiger partial charge in [0.2, 0.25) is 5.76 Å². The summed E-state index contributed by atoms with van der Waals surface area (Å²) in [4.78, 5) is 12.2. The Morgan fingerprint density at radius 3 is 2.62 bits per heavy atom. The molecule has 1 fully saturated rings. The predicted octanol–water partition coefficient (Wildman–Crippen LogP) is 2.34. The first-order valence-corrected chi connectivity index (χ1v) is 7.31. The van der Waals surface area contributed by atoms with Crippen LogP contribution in [0, 0.1) is 0 Å². The molecule has 1 aromatic carbocycles. The molecule has 0 aliphatic heterocycles. The lowest BCUT2D eigenvalue weighted by Gasteiger charge is -2.26. The van der Waals surface area contributed by atoms with Gasteiger partial charge in [0.05, 0.1) is 0 Å². The standard InChI is InChI=1S/C16H19N3O2/c17-12-6-8-13(9-7-12)18-16(20)15-10-14(19-21-15)11-4-2-1-3-5-11/h1-5,10,12-13H,6-9,17H2,(H,18,20). The number of carbonyl (C=O) groups is 1. The molecule has 1 aromatic heterocycles. The van der Waals surface area contributed by atoms with Crippen molar-refractivity contribution < 1.29 is 9.32 Å². The summed E-state index contributed by atoms with van der Waals surface area (Å²) in [6.45, 7) is 0. The van der Waals surface area contributed by atoms with Crippen LogP contribution in [-0.4, -0.2) is 23.1 Å². The molecule has 5 heteroatoms. The number of hydrogen-bond donors (Lipinski definition) is 2. The summed E-state index contributed by atoms with van der Waals surface area (Å²) >= 11 is 0. The molecule has 2 aromatic rings. The monoisotopic (exact) mass is 285 g/mol. The maximum absolute atomic E-state index is 12.2. The Hall–Kier alpha value is -2.14. The number of amides is 1. The van der Waals surface area contributed by atoms with Crippen LogP contribution in [0.1, 0.15) is 36.2 Å². The molecule has 21 heavy (non-hydrogen) atoms. The molecule has 3 N–H and O–H groups in total. The number of nitrogens with zero attached hydrogens (tertiary/aromatic N) is 1. The fraction of sp³-hybridized carbons (Fsp3) is 0.375. The third-order valence-corrected chi connectivity index (χ3v) is 3.91. The van der Waals surface area contributed by atoms with E-state index in [4.69, 9.17) is 10.3 Å². The van der Waals surface area contributed by atoms with Crippen molar-refractivity contribution in [3.05, 3.63) is 42.2 Å². The molecule has 3 rings (SSSR count). The molecular formula is C16H19N3O2. The van der Waals surface area contributed by atoms with E-state index in [9.17, 15) is 4.79 Å². The van der Waals surface area contributed by atoms with Gasteiger partial charge < -0.3 is 15.6 Å². The largest absolute Gasteiger partial charge is 0.350 e. The van der Waals surface area contributed by atoms with Gasteiger partial charge in [-0.3, -0.25) is 4.79 Å². The topological polar surface area (TPSA) is 81.1 Å². The van der Waals surface area contributed by atoms with E-state index in [1.165, 1.54) is 0 Å². The van der Waals surface area contributed by atoms with E-state index in [-0.39, 0.29) is 23.8 Å². The third-order valence-electron chi connectivity index (χ3n) is 3.91. The van der Waals surface area contributed by atoms with Gasteiger partial charge in [-0.25, -0.2) is 0 Å². The zero-order valence-electron chi connectivity index (χ0n) is 11.8. The maximum Gasteiger partial charge on any atom is 0.290 e. The van der Waals surface area contributed by atoms with E-state index in [1.54, 1.807) is 6.07 Å². The van der Waals surface area contributed by atoms with Gasteiger partial charge in [0.25, 0.3) is 5.91 Å². The second kappa shape index (κ2) is 6.10. The molecule has 0 radical (unpaired) electrons. The van der Waals surface area contributed by atoms with E-state index >= 15 is 0 Å². The minimum absolute atomic E-state index is 0.183. The first-order valence-electron chi connectivity index (χ1n) is 7.31. The lowest BCUT2D eigenvalue weighted by molar-refractivity contribution is 0.0888. The van der Waals surface area contributed by atoms with Crippen LogP contribution in [0.15, 0.2) is 40.9 Å². The Bertz CT molecular complexity index is 601. The van der Waals surface area contributed by atoms with Crippen molar-refractivity contribution in [1.29, 1.82) is 0 Å². The summed E-state index contributed by atoms with van der Waals surface area (Å²) in [5, 5.41) is 6.95. The first kappa shape index (κ1) is 13.8. The molecule has 5 nitrogen and oxygen atoms in total. The SMILES string of the molecule is NC1CCC(NC(=O)c2cc(-c3ccccc3)no2)CC1. The summed E-state index contributed by atoms with van der Waals surface area (Å²) in [6.07, 6.45) is 3.76. The second-order valence-electron chi connectivity index (χ2n) is 5.53. The smallest absolute Gasteiger partial charge is 0.290 e. The van der Waals surface area contributed by atoms with E-state index < -0.39 is 0 Å². The number of hydrogen-bond acceptors (Lipinski definition) is 4. The van der Waals surface area contributed by atoms with Gasteiger partial charge in [-0.1, -0.05) is 35.5 Å². The van der Waals surface area contributed by atoms with E-state index in [2.05, 4.69) is 10.5 Å². The minimum atomic E-state index is -0.204. The highest BCUT2D eigenvalue weighted by atomic mass is 16.5. The number of benzene rings is 1. The minimum Gasteiger partial charge on any atom is -0.350 e. The van der Waals surface area contributed by atoms with Crippen molar-refractivity contribution in [3.63, 3.8) is 0 Å². The Labute approximate surface area is 123 Å². The molecular weight excluding hydrogens is 266 g/mol. The van der Waals surface area contributed by atoms with Crippen LogP contribution < -0.4 is 11.1 Å². The van der Waals surface area contributed by atoms with Crippen molar-refractivity contribution in [3.8, 4) is 11.3 Å². The highest BCUT2D eigenvalue weighted by Crippen LogP contribution is 2.20. The Balaban J connectivity index is 1.64. The molecule has 0 spiro atoms. The molecule has 0 atom stereocenters. The normalized spacial score (nSPS) is 22.0. The number of rotatable bonds is 3. The number of aromatic nitrogens is 1. The summed E-state index contributed by atoms with van der Waals surface area (Å²) in [6, 6.07) is 11.8. The maximum atomic E-state index is 12.2. The number of nitrogens with one attached hydrogen (secondary N) is 1. The molecule has 1 heterocycles. The van der Waals surface area contributed by atoms with Crippen molar-refractivity contribution in [1.82, 2.24) is 10.5 Å². The molecule has 1 aliphatic rings. The quantitative estimate of drug-likeness (QED) is 0.907. The Kier molecular flexibility index (Phi) is 4.01. The third kappa shape index (κ3) is 3.31. The van der Waals surface area contributed by atoms with Crippen molar-refractivity contribution >= 4 is 5.91 Å². The van der Waals surface area contributed by atoms with Crippen molar-refractivity contribution in [2.24, 2.45) is 5.73 Å². The highest BCUT2D eigenvalue weighted by Gasteiger charge is 2.22. The van der Waals surface area contributed by atoms with Crippen LogP contribution in [-0.2, 0) is 0 Å². The van der Waals surface area contributed by atoms with Gasteiger partial charge in [0, 0.05) is 23.7 Å². The van der Waals surface area contributed by atoms with Crippen molar-refractivity contribution in [2.45, 2.75) is 37.8 Å². The molecule has 1 amide bonds.